The minimum absolute atomic E-state index is 0.209. The summed E-state index contributed by atoms with van der Waals surface area (Å²) in [5, 5.41) is 8.24. The number of likely N-dealkylation sites (tertiary alicyclic amines) is 2. The molecule has 0 aromatic carbocycles. The second-order valence-corrected chi connectivity index (χ2v) is 6.45. The van der Waals surface area contributed by atoms with E-state index >= 15 is 0 Å². The zero-order valence-electron chi connectivity index (χ0n) is 13.2. The molecule has 2 aliphatic heterocycles. The van der Waals surface area contributed by atoms with Crippen molar-refractivity contribution in [2.75, 3.05) is 39.8 Å². The molecule has 116 valence electrons. The molecule has 0 aromatic heterocycles. The first-order valence-electron chi connectivity index (χ1n) is 8.35. The summed E-state index contributed by atoms with van der Waals surface area (Å²) in [6, 6.07) is 0. The summed E-state index contributed by atoms with van der Waals surface area (Å²) in [7, 11) is 2.16. The lowest BCUT2D eigenvalue weighted by Crippen LogP contribution is -2.40. The van der Waals surface area contributed by atoms with E-state index in [4.69, 9.17) is 10.1 Å². The van der Waals surface area contributed by atoms with Crippen LogP contribution in [0.4, 0.5) is 0 Å². The van der Waals surface area contributed by atoms with E-state index in [1.807, 2.05) is 0 Å². The molecule has 2 rings (SSSR count). The Morgan fingerprint density at radius 1 is 1.15 bits per heavy atom. The van der Waals surface area contributed by atoms with E-state index in [1.165, 1.54) is 32.4 Å². The van der Waals surface area contributed by atoms with Gasteiger partial charge in [-0.2, -0.15) is 0 Å². The number of rotatable bonds is 5. The van der Waals surface area contributed by atoms with E-state index in [2.05, 4.69) is 23.8 Å². The summed E-state index contributed by atoms with van der Waals surface area (Å²) in [6.07, 6.45) is 7.39. The van der Waals surface area contributed by atoms with Crippen molar-refractivity contribution < 1.29 is 4.74 Å². The lowest BCUT2D eigenvalue weighted by atomic mass is 9.97. The molecule has 0 bridgehead atoms. The quantitative estimate of drug-likeness (QED) is 0.622. The van der Waals surface area contributed by atoms with Crippen LogP contribution < -0.4 is 0 Å². The first kappa shape index (κ1) is 15.8. The maximum Gasteiger partial charge on any atom is 0.184 e. The Labute approximate surface area is 124 Å². The predicted molar refractivity (Wildman–Crippen MR) is 83.4 cm³/mol. The molecule has 0 aromatic rings. The van der Waals surface area contributed by atoms with Crippen LogP contribution in [0.2, 0.25) is 0 Å². The van der Waals surface area contributed by atoms with Gasteiger partial charge in [-0.3, -0.25) is 10.3 Å². The molecule has 4 nitrogen and oxygen atoms in total. The maximum absolute atomic E-state index is 8.24. The molecule has 2 saturated heterocycles. The van der Waals surface area contributed by atoms with Crippen LogP contribution in [0.25, 0.3) is 0 Å². The van der Waals surface area contributed by atoms with Crippen molar-refractivity contribution >= 4 is 5.90 Å². The highest BCUT2D eigenvalue weighted by Crippen LogP contribution is 2.19. The third-order valence-corrected chi connectivity index (χ3v) is 4.75. The average molecular weight is 281 g/mol. The number of hydrogen-bond acceptors (Lipinski definition) is 4. The van der Waals surface area contributed by atoms with Gasteiger partial charge in [-0.05, 0) is 65.3 Å². The van der Waals surface area contributed by atoms with Crippen molar-refractivity contribution in [2.24, 2.45) is 5.92 Å². The molecule has 1 unspecified atom stereocenters. The second kappa shape index (κ2) is 7.99. The smallest absolute Gasteiger partial charge is 0.184 e. The van der Waals surface area contributed by atoms with Gasteiger partial charge in [0.05, 0.1) is 0 Å². The van der Waals surface area contributed by atoms with Gasteiger partial charge in [-0.1, -0.05) is 13.3 Å². The molecular weight excluding hydrogens is 250 g/mol. The monoisotopic (exact) mass is 281 g/mol. The fourth-order valence-corrected chi connectivity index (χ4v) is 3.23. The molecule has 4 heteroatoms. The molecule has 1 atom stereocenters. The van der Waals surface area contributed by atoms with Crippen molar-refractivity contribution in [3.05, 3.63) is 0 Å². The molecular formula is C16H31N3O. The van der Waals surface area contributed by atoms with E-state index in [0.29, 0.717) is 11.8 Å². The van der Waals surface area contributed by atoms with Crippen LogP contribution in [0.15, 0.2) is 0 Å². The zero-order valence-corrected chi connectivity index (χ0v) is 13.2. The second-order valence-electron chi connectivity index (χ2n) is 6.45. The van der Waals surface area contributed by atoms with Crippen LogP contribution in [-0.2, 0) is 4.74 Å². The fraction of sp³-hybridized carbons (Fsp3) is 0.938. The predicted octanol–water partition coefficient (Wildman–Crippen LogP) is 2.59. The Hall–Kier alpha value is -0.610. The summed E-state index contributed by atoms with van der Waals surface area (Å²) in [5.41, 5.74) is 0. The molecule has 0 spiro atoms. The summed E-state index contributed by atoms with van der Waals surface area (Å²) < 4.78 is 6.00. The van der Waals surface area contributed by atoms with Crippen molar-refractivity contribution in [1.82, 2.24) is 9.80 Å². The fourth-order valence-electron chi connectivity index (χ4n) is 3.23. The molecule has 0 saturated carbocycles. The molecule has 0 aliphatic carbocycles. The molecule has 0 amide bonds. The van der Waals surface area contributed by atoms with Crippen LogP contribution in [0.1, 0.15) is 45.4 Å². The van der Waals surface area contributed by atoms with Gasteiger partial charge in [0, 0.05) is 12.5 Å². The Kier molecular flexibility index (Phi) is 6.30. The minimum atomic E-state index is 0.209. The molecule has 20 heavy (non-hydrogen) atoms. The molecule has 2 heterocycles. The number of piperidine rings is 2. The lowest BCUT2D eigenvalue weighted by molar-refractivity contribution is 0.0948. The van der Waals surface area contributed by atoms with Gasteiger partial charge in [-0.25, -0.2) is 0 Å². The largest absolute Gasteiger partial charge is 0.476 e. The Bertz CT molecular complexity index is 294. The Balaban J connectivity index is 1.75. The van der Waals surface area contributed by atoms with Crippen LogP contribution in [-0.4, -0.2) is 61.6 Å². The van der Waals surface area contributed by atoms with Crippen molar-refractivity contribution in [1.29, 1.82) is 5.41 Å². The molecule has 1 N–H and O–H groups in total. The average Bonchev–Trinajstić information content (AvgIpc) is 2.48. The highest BCUT2D eigenvalue weighted by Gasteiger charge is 2.24. The lowest BCUT2D eigenvalue weighted by Gasteiger charge is -2.33. The van der Waals surface area contributed by atoms with Crippen LogP contribution >= 0.6 is 0 Å². The van der Waals surface area contributed by atoms with Crippen LogP contribution in [0.5, 0.6) is 0 Å². The first-order valence-corrected chi connectivity index (χ1v) is 8.35. The third kappa shape index (κ3) is 4.74. The van der Waals surface area contributed by atoms with Crippen molar-refractivity contribution in [2.45, 2.75) is 51.6 Å². The van der Waals surface area contributed by atoms with E-state index in [9.17, 15) is 0 Å². The summed E-state index contributed by atoms with van der Waals surface area (Å²) in [6.45, 7) is 7.80. The van der Waals surface area contributed by atoms with Gasteiger partial charge in [0.15, 0.2) is 5.90 Å². The van der Waals surface area contributed by atoms with Gasteiger partial charge in [0.25, 0.3) is 0 Å². The summed E-state index contributed by atoms with van der Waals surface area (Å²) in [5.74, 6) is 0.892. The Morgan fingerprint density at radius 2 is 1.80 bits per heavy atom. The van der Waals surface area contributed by atoms with E-state index in [-0.39, 0.29) is 6.10 Å². The number of ether oxygens (including phenoxy) is 1. The zero-order chi connectivity index (χ0) is 14.4. The highest BCUT2D eigenvalue weighted by molar-refractivity contribution is 5.75. The van der Waals surface area contributed by atoms with Crippen LogP contribution in [0.3, 0.4) is 0 Å². The summed E-state index contributed by atoms with van der Waals surface area (Å²) >= 11 is 0. The van der Waals surface area contributed by atoms with E-state index < -0.39 is 0 Å². The minimum Gasteiger partial charge on any atom is -0.476 e. The van der Waals surface area contributed by atoms with Gasteiger partial charge in [0.1, 0.15) is 6.10 Å². The third-order valence-electron chi connectivity index (χ3n) is 4.75. The molecule has 2 fully saturated rings. The normalized spacial score (nSPS) is 24.5. The van der Waals surface area contributed by atoms with Gasteiger partial charge < -0.3 is 9.64 Å². The van der Waals surface area contributed by atoms with Crippen LogP contribution in [0, 0.1) is 11.3 Å². The number of nitrogens with one attached hydrogen (secondary N) is 1. The van der Waals surface area contributed by atoms with E-state index in [0.717, 1.165) is 38.9 Å². The maximum atomic E-state index is 8.24. The molecule has 2 aliphatic rings. The topological polar surface area (TPSA) is 39.6 Å². The van der Waals surface area contributed by atoms with Crippen molar-refractivity contribution in [3.8, 4) is 0 Å². The van der Waals surface area contributed by atoms with E-state index in [1.54, 1.807) is 0 Å². The number of hydrogen-bond donors (Lipinski definition) is 1. The standard InChI is InChI=1S/C16H31N3O/c1-3-15(13-19-9-5-4-6-10-19)20-16(17)14-7-11-18(2)12-8-14/h14-15,17H,3-13H2,1-2H3. The van der Waals surface area contributed by atoms with Gasteiger partial charge >= 0.3 is 0 Å². The highest BCUT2D eigenvalue weighted by atomic mass is 16.5. The Morgan fingerprint density at radius 3 is 2.40 bits per heavy atom. The number of nitrogens with zero attached hydrogens (tertiary/aromatic N) is 2. The SMILES string of the molecule is CCC(CN1CCCCC1)OC(=N)C1CCN(C)CC1. The first-order chi connectivity index (χ1) is 9.69. The van der Waals surface area contributed by atoms with Crippen molar-refractivity contribution in [3.63, 3.8) is 0 Å². The van der Waals surface area contributed by atoms with Gasteiger partial charge in [-0.15, -0.1) is 0 Å². The van der Waals surface area contributed by atoms with Gasteiger partial charge in [0.2, 0.25) is 0 Å². The summed E-state index contributed by atoms with van der Waals surface area (Å²) in [4.78, 5) is 4.86. The molecule has 0 radical (unpaired) electrons.